The van der Waals surface area contributed by atoms with E-state index in [1.165, 1.54) is 18.4 Å². The van der Waals surface area contributed by atoms with Crippen molar-refractivity contribution >= 4 is 17.3 Å². The van der Waals surface area contributed by atoms with Gasteiger partial charge in [-0.25, -0.2) is 9.78 Å². The highest BCUT2D eigenvalue weighted by Gasteiger charge is 2.19. The summed E-state index contributed by atoms with van der Waals surface area (Å²) in [6.07, 6.45) is 0. The van der Waals surface area contributed by atoms with Crippen molar-refractivity contribution in [1.29, 1.82) is 0 Å². The van der Waals surface area contributed by atoms with E-state index in [0.717, 1.165) is 10.4 Å². The van der Waals surface area contributed by atoms with Crippen LogP contribution < -0.4 is 9.47 Å². The fourth-order valence-electron chi connectivity index (χ4n) is 1.78. The molecule has 0 fully saturated rings. The maximum atomic E-state index is 11.6. The van der Waals surface area contributed by atoms with E-state index in [1.807, 2.05) is 25.1 Å². The van der Waals surface area contributed by atoms with Crippen LogP contribution >= 0.6 is 11.3 Å². The molecular formula is C14H15NO4S. The normalized spacial score (nSPS) is 10.2. The summed E-state index contributed by atoms with van der Waals surface area (Å²) in [5.74, 6) is 0.941. The van der Waals surface area contributed by atoms with Crippen LogP contribution in [-0.4, -0.2) is 32.3 Å². The Kier molecular flexibility index (Phi) is 4.24. The molecule has 106 valence electrons. The maximum absolute atomic E-state index is 11.6. The number of nitrogens with zero attached hydrogens (tertiary/aromatic N) is 1. The van der Waals surface area contributed by atoms with Gasteiger partial charge in [-0.05, 0) is 25.1 Å². The van der Waals surface area contributed by atoms with E-state index in [2.05, 4.69) is 4.98 Å². The van der Waals surface area contributed by atoms with Crippen molar-refractivity contribution in [2.24, 2.45) is 0 Å². The highest BCUT2D eigenvalue weighted by atomic mass is 32.1. The quantitative estimate of drug-likeness (QED) is 0.811. The van der Waals surface area contributed by atoms with Crippen LogP contribution in [0.15, 0.2) is 18.2 Å². The number of hydrogen-bond donors (Lipinski definition) is 0. The van der Waals surface area contributed by atoms with Gasteiger partial charge < -0.3 is 14.2 Å². The summed E-state index contributed by atoms with van der Waals surface area (Å²) >= 11 is 1.41. The van der Waals surface area contributed by atoms with Crippen molar-refractivity contribution in [2.75, 3.05) is 21.3 Å². The van der Waals surface area contributed by atoms with E-state index in [4.69, 9.17) is 14.2 Å². The molecule has 1 heterocycles. The van der Waals surface area contributed by atoms with Crippen LogP contribution in [0.4, 0.5) is 0 Å². The standard InChI is InChI=1S/C14H15NO4S/c1-8-12(14(16)19-4)15-13(20-8)10-7-9(17-2)5-6-11(10)18-3/h5-7H,1-4H3. The Balaban J connectivity index is 2.53. The van der Waals surface area contributed by atoms with Gasteiger partial charge in [0.05, 0.1) is 26.9 Å². The maximum Gasteiger partial charge on any atom is 0.357 e. The predicted octanol–water partition coefficient (Wildman–Crippen LogP) is 2.92. The first kappa shape index (κ1) is 14.3. The third-order valence-corrected chi connectivity index (χ3v) is 3.82. The van der Waals surface area contributed by atoms with E-state index in [0.29, 0.717) is 22.2 Å². The number of carbonyl (C=O) groups excluding carboxylic acids is 1. The molecule has 0 aliphatic heterocycles. The first-order valence-electron chi connectivity index (χ1n) is 5.88. The van der Waals surface area contributed by atoms with Gasteiger partial charge >= 0.3 is 5.97 Å². The third-order valence-electron chi connectivity index (χ3n) is 2.81. The molecule has 2 rings (SSSR count). The zero-order valence-electron chi connectivity index (χ0n) is 11.7. The van der Waals surface area contributed by atoms with E-state index in [9.17, 15) is 4.79 Å². The van der Waals surface area contributed by atoms with Crippen LogP contribution in [0.25, 0.3) is 10.6 Å². The SMILES string of the molecule is COC(=O)c1nc(-c2cc(OC)ccc2OC)sc1C. The van der Waals surface area contributed by atoms with E-state index in [-0.39, 0.29) is 0 Å². The molecule has 0 radical (unpaired) electrons. The fraction of sp³-hybridized carbons (Fsp3) is 0.286. The van der Waals surface area contributed by atoms with Crippen LogP contribution in [-0.2, 0) is 4.74 Å². The molecule has 5 nitrogen and oxygen atoms in total. The number of carbonyl (C=O) groups is 1. The summed E-state index contributed by atoms with van der Waals surface area (Å²) < 4.78 is 15.3. The Morgan fingerprint density at radius 2 is 1.95 bits per heavy atom. The average Bonchev–Trinajstić information content (AvgIpc) is 2.87. The third kappa shape index (κ3) is 2.60. The zero-order valence-corrected chi connectivity index (χ0v) is 12.5. The molecule has 0 saturated carbocycles. The van der Waals surface area contributed by atoms with Crippen molar-refractivity contribution < 1.29 is 19.0 Å². The lowest BCUT2D eigenvalue weighted by molar-refractivity contribution is 0.0594. The highest BCUT2D eigenvalue weighted by Crippen LogP contribution is 2.36. The second-order valence-corrected chi connectivity index (χ2v) is 5.18. The van der Waals surface area contributed by atoms with Gasteiger partial charge in [-0.15, -0.1) is 11.3 Å². The van der Waals surface area contributed by atoms with Crippen molar-refractivity contribution in [1.82, 2.24) is 4.98 Å². The predicted molar refractivity (Wildman–Crippen MR) is 76.7 cm³/mol. The average molecular weight is 293 g/mol. The van der Waals surface area contributed by atoms with Crippen LogP contribution in [0.1, 0.15) is 15.4 Å². The van der Waals surface area contributed by atoms with Crippen LogP contribution in [0, 0.1) is 6.92 Å². The van der Waals surface area contributed by atoms with Crippen molar-refractivity contribution in [3.8, 4) is 22.1 Å². The summed E-state index contributed by atoms with van der Waals surface area (Å²) in [6.45, 7) is 1.83. The molecule has 0 spiro atoms. The van der Waals surface area contributed by atoms with Crippen molar-refractivity contribution in [2.45, 2.75) is 6.92 Å². The monoisotopic (exact) mass is 293 g/mol. The lowest BCUT2D eigenvalue weighted by atomic mass is 10.2. The highest BCUT2D eigenvalue weighted by molar-refractivity contribution is 7.15. The molecule has 0 saturated heterocycles. The molecule has 0 amide bonds. The molecule has 1 aromatic carbocycles. The van der Waals surface area contributed by atoms with Gasteiger partial charge in [0.1, 0.15) is 16.5 Å². The van der Waals surface area contributed by atoms with E-state index >= 15 is 0 Å². The number of rotatable bonds is 4. The topological polar surface area (TPSA) is 57.7 Å². The lowest BCUT2D eigenvalue weighted by Crippen LogP contribution is -2.03. The Morgan fingerprint density at radius 1 is 1.20 bits per heavy atom. The van der Waals surface area contributed by atoms with Gasteiger partial charge in [-0.1, -0.05) is 0 Å². The molecule has 0 aliphatic rings. The first-order chi connectivity index (χ1) is 9.60. The van der Waals surface area contributed by atoms with Gasteiger partial charge in [-0.3, -0.25) is 0 Å². The molecule has 0 unspecified atom stereocenters. The minimum atomic E-state index is -0.438. The number of aromatic nitrogens is 1. The van der Waals surface area contributed by atoms with Gasteiger partial charge in [0.25, 0.3) is 0 Å². The number of hydrogen-bond acceptors (Lipinski definition) is 6. The summed E-state index contributed by atoms with van der Waals surface area (Å²) in [6, 6.07) is 5.45. The van der Waals surface area contributed by atoms with Crippen molar-refractivity contribution in [3.63, 3.8) is 0 Å². The lowest BCUT2D eigenvalue weighted by Gasteiger charge is -2.08. The summed E-state index contributed by atoms with van der Waals surface area (Å²) in [5.41, 5.74) is 1.12. The minimum absolute atomic E-state index is 0.331. The second-order valence-electron chi connectivity index (χ2n) is 3.98. The number of methoxy groups -OCH3 is 3. The first-order valence-corrected chi connectivity index (χ1v) is 6.70. The second kappa shape index (κ2) is 5.92. The molecule has 20 heavy (non-hydrogen) atoms. The molecule has 1 aromatic heterocycles. The molecule has 2 aromatic rings. The number of esters is 1. The Morgan fingerprint density at radius 3 is 2.55 bits per heavy atom. The fourth-order valence-corrected chi connectivity index (χ4v) is 2.70. The van der Waals surface area contributed by atoms with E-state index < -0.39 is 5.97 Å². The van der Waals surface area contributed by atoms with Crippen LogP contribution in [0.3, 0.4) is 0 Å². The van der Waals surface area contributed by atoms with Gasteiger partial charge in [0, 0.05) is 4.88 Å². The molecule has 0 bridgehead atoms. The van der Waals surface area contributed by atoms with Gasteiger partial charge in [0.2, 0.25) is 0 Å². The number of thiazole rings is 1. The molecule has 6 heteroatoms. The molecular weight excluding hydrogens is 278 g/mol. The summed E-state index contributed by atoms with van der Waals surface area (Å²) in [7, 11) is 4.53. The summed E-state index contributed by atoms with van der Waals surface area (Å²) in [4.78, 5) is 16.8. The van der Waals surface area contributed by atoms with Crippen molar-refractivity contribution in [3.05, 3.63) is 28.8 Å². The number of ether oxygens (including phenoxy) is 3. The summed E-state index contributed by atoms with van der Waals surface area (Å²) in [5, 5.41) is 0.693. The Labute approximate surface area is 121 Å². The van der Waals surface area contributed by atoms with Gasteiger partial charge in [0.15, 0.2) is 5.69 Å². The zero-order chi connectivity index (χ0) is 14.7. The van der Waals surface area contributed by atoms with Crippen LogP contribution in [0.5, 0.6) is 11.5 Å². The molecule has 0 atom stereocenters. The number of aryl methyl sites for hydroxylation is 1. The smallest absolute Gasteiger partial charge is 0.357 e. The van der Waals surface area contributed by atoms with E-state index in [1.54, 1.807) is 14.2 Å². The molecule has 0 aliphatic carbocycles. The largest absolute Gasteiger partial charge is 0.497 e. The molecule has 0 N–H and O–H groups in total. The van der Waals surface area contributed by atoms with Gasteiger partial charge in [-0.2, -0.15) is 0 Å². The number of benzene rings is 1. The Hall–Kier alpha value is -2.08. The Bertz CT molecular complexity index is 636. The van der Waals surface area contributed by atoms with Crippen LogP contribution in [0.2, 0.25) is 0 Å². The minimum Gasteiger partial charge on any atom is -0.497 e.